The summed E-state index contributed by atoms with van der Waals surface area (Å²) in [6, 6.07) is 1.99. The molecule has 62 valence electrons. The van der Waals surface area contributed by atoms with Crippen LogP contribution in [0.2, 0.25) is 0 Å². The van der Waals surface area contributed by atoms with Crippen molar-refractivity contribution in [3.8, 4) is 0 Å². The van der Waals surface area contributed by atoms with Crippen molar-refractivity contribution in [2.45, 2.75) is 13.0 Å². The third-order valence-electron chi connectivity index (χ3n) is 1.37. The number of hydrogen-bond donors (Lipinski definition) is 2. The molecule has 4 heteroatoms. The Balaban J connectivity index is 2.77. The van der Waals surface area contributed by atoms with E-state index in [0.29, 0.717) is 6.54 Å². The average molecular weight is 236 g/mol. The molecule has 3 N–H and O–H groups in total. The molecule has 0 amide bonds. The van der Waals surface area contributed by atoms with E-state index in [-0.39, 0.29) is 6.61 Å². The highest BCUT2D eigenvalue weighted by Crippen LogP contribution is 2.28. The zero-order valence-corrected chi connectivity index (χ0v) is 8.41. The van der Waals surface area contributed by atoms with E-state index in [1.165, 1.54) is 4.88 Å². The van der Waals surface area contributed by atoms with Gasteiger partial charge in [-0.15, -0.1) is 11.3 Å². The van der Waals surface area contributed by atoms with Crippen LogP contribution in [0.15, 0.2) is 9.85 Å². The molecule has 0 saturated heterocycles. The minimum atomic E-state index is 0.0989. The van der Waals surface area contributed by atoms with E-state index in [1.54, 1.807) is 11.3 Å². The van der Waals surface area contributed by atoms with Gasteiger partial charge in [0.1, 0.15) is 0 Å². The lowest BCUT2D eigenvalue weighted by Crippen LogP contribution is -2.00. The molecule has 1 rings (SSSR count). The highest BCUT2D eigenvalue weighted by molar-refractivity contribution is 9.11. The van der Waals surface area contributed by atoms with Gasteiger partial charge in [-0.05, 0) is 35.0 Å². The minimum Gasteiger partial charge on any atom is -0.392 e. The van der Waals surface area contributed by atoms with Gasteiger partial charge < -0.3 is 10.8 Å². The molecule has 1 aromatic rings. The highest BCUT2D eigenvalue weighted by atomic mass is 79.9. The number of aliphatic hydroxyl groups excluding tert-OH is 1. The van der Waals surface area contributed by atoms with Crippen molar-refractivity contribution in [3.63, 3.8) is 0 Å². The first-order chi connectivity index (χ1) is 5.27. The van der Waals surface area contributed by atoms with Gasteiger partial charge in [0.05, 0.1) is 10.4 Å². The van der Waals surface area contributed by atoms with Crippen molar-refractivity contribution in [3.05, 3.63) is 20.3 Å². The summed E-state index contributed by atoms with van der Waals surface area (Å²) in [5.74, 6) is 0. The van der Waals surface area contributed by atoms with Crippen LogP contribution in [0.1, 0.15) is 10.4 Å². The lowest BCUT2D eigenvalue weighted by Gasteiger charge is -1.87. The van der Waals surface area contributed by atoms with Crippen LogP contribution in [-0.4, -0.2) is 11.7 Å². The topological polar surface area (TPSA) is 46.2 Å². The van der Waals surface area contributed by atoms with E-state index in [0.717, 1.165) is 15.8 Å². The van der Waals surface area contributed by atoms with Crippen molar-refractivity contribution in [1.29, 1.82) is 0 Å². The zero-order valence-electron chi connectivity index (χ0n) is 6.01. The summed E-state index contributed by atoms with van der Waals surface area (Å²) < 4.78 is 1.02. The molecular weight excluding hydrogens is 226 g/mol. The lowest BCUT2D eigenvalue weighted by molar-refractivity contribution is 0.281. The maximum Gasteiger partial charge on any atom is 0.0756 e. The fourth-order valence-corrected chi connectivity index (χ4v) is 2.60. The molecule has 0 bridgehead atoms. The molecule has 11 heavy (non-hydrogen) atoms. The van der Waals surface area contributed by atoms with Crippen molar-refractivity contribution < 1.29 is 5.11 Å². The van der Waals surface area contributed by atoms with Gasteiger partial charge in [0.25, 0.3) is 0 Å². The number of nitrogens with two attached hydrogens (primary N) is 1. The van der Waals surface area contributed by atoms with Gasteiger partial charge in [-0.2, -0.15) is 0 Å². The molecule has 2 nitrogen and oxygen atoms in total. The van der Waals surface area contributed by atoms with Crippen LogP contribution in [0.25, 0.3) is 0 Å². The fraction of sp³-hybridized carbons (Fsp3) is 0.429. The van der Waals surface area contributed by atoms with Crippen LogP contribution >= 0.6 is 27.3 Å². The molecule has 1 heterocycles. The monoisotopic (exact) mass is 235 g/mol. The maximum absolute atomic E-state index is 8.85. The van der Waals surface area contributed by atoms with Gasteiger partial charge in [0.2, 0.25) is 0 Å². The molecule has 0 aliphatic carbocycles. The Hall–Kier alpha value is 0.1000. The Morgan fingerprint density at radius 1 is 1.64 bits per heavy atom. The van der Waals surface area contributed by atoms with Gasteiger partial charge in [0.15, 0.2) is 0 Å². The largest absolute Gasteiger partial charge is 0.392 e. The third-order valence-corrected chi connectivity index (χ3v) is 3.39. The molecule has 0 aromatic carbocycles. The average Bonchev–Trinajstić information content (AvgIpc) is 2.32. The second kappa shape index (κ2) is 4.21. The summed E-state index contributed by atoms with van der Waals surface area (Å²) in [6.07, 6.45) is 0.892. The predicted molar refractivity (Wildman–Crippen MR) is 50.7 cm³/mol. The van der Waals surface area contributed by atoms with Crippen molar-refractivity contribution in [2.24, 2.45) is 5.73 Å². The first kappa shape index (κ1) is 9.19. The molecule has 0 saturated carbocycles. The quantitative estimate of drug-likeness (QED) is 0.835. The molecule has 0 aliphatic heterocycles. The van der Waals surface area contributed by atoms with E-state index in [9.17, 15) is 0 Å². The number of hydrogen-bond acceptors (Lipinski definition) is 3. The molecule has 0 aliphatic rings. The van der Waals surface area contributed by atoms with Crippen LogP contribution in [0.3, 0.4) is 0 Å². The molecule has 1 aromatic heterocycles. The maximum atomic E-state index is 8.85. The second-order valence-electron chi connectivity index (χ2n) is 2.21. The third kappa shape index (κ3) is 2.27. The van der Waals surface area contributed by atoms with Crippen molar-refractivity contribution >= 4 is 27.3 Å². The zero-order chi connectivity index (χ0) is 8.27. The van der Waals surface area contributed by atoms with Crippen LogP contribution in [0, 0.1) is 0 Å². The molecule has 0 unspecified atom stereocenters. The van der Waals surface area contributed by atoms with Gasteiger partial charge in [0, 0.05) is 10.4 Å². The van der Waals surface area contributed by atoms with Crippen LogP contribution < -0.4 is 5.73 Å². The minimum absolute atomic E-state index is 0.0989. The summed E-state index contributed by atoms with van der Waals surface area (Å²) in [4.78, 5) is 1.23. The van der Waals surface area contributed by atoms with Gasteiger partial charge >= 0.3 is 0 Å². The van der Waals surface area contributed by atoms with Crippen LogP contribution in [0.5, 0.6) is 0 Å². The van der Waals surface area contributed by atoms with E-state index in [4.69, 9.17) is 10.8 Å². The first-order valence-electron chi connectivity index (χ1n) is 3.36. The second-order valence-corrected chi connectivity index (χ2v) is 4.66. The molecular formula is C7H10BrNOS. The Bertz CT molecular complexity index is 236. The number of rotatable bonds is 3. The highest BCUT2D eigenvalue weighted by Gasteiger charge is 2.03. The molecule has 0 spiro atoms. The standard InChI is InChI=1S/C7H10BrNOS/c8-7-5(4-10)3-6(11-7)1-2-9/h3,10H,1-2,4,9H2. The molecule has 0 atom stereocenters. The summed E-state index contributed by atoms with van der Waals surface area (Å²) in [5, 5.41) is 8.85. The Morgan fingerprint density at radius 3 is 2.82 bits per heavy atom. The summed E-state index contributed by atoms with van der Waals surface area (Å²) in [7, 11) is 0. The summed E-state index contributed by atoms with van der Waals surface area (Å²) in [5.41, 5.74) is 6.35. The lowest BCUT2D eigenvalue weighted by atomic mass is 10.3. The molecule has 0 fully saturated rings. The van der Waals surface area contributed by atoms with Gasteiger partial charge in [-0.1, -0.05) is 0 Å². The van der Waals surface area contributed by atoms with Crippen LogP contribution in [-0.2, 0) is 13.0 Å². The fourth-order valence-electron chi connectivity index (χ4n) is 0.834. The SMILES string of the molecule is NCCc1cc(CO)c(Br)s1. The smallest absolute Gasteiger partial charge is 0.0756 e. The van der Waals surface area contributed by atoms with Gasteiger partial charge in [-0.3, -0.25) is 0 Å². The summed E-state index contributed by atoms with van der Waals surface area (Å²) >= 11 is 5.01. The number of thiophene rings is 1. The Kier molecular flexibility index (Phi) is 3.51. The van der Waals surface area contributed by atoms with E-state index >= 15 is 0 Å². The first-order valence-corrected chi connectivity index (χ1v) is 4.97. The van der Waals surface area contributed by atoms with Crippen molar-refractivity contribution in [2.75, 3.05) is 6.54 Å². The predicted octanol–water partition coefficient (Wildman–Crippen LogP) is 1.50. The van der Waals surface area contributed by atoms with Crippen molar-refractivity contribution in [1.82, 2.24) is 0 Å². The van der Waals surface area contributed by atoms with E-state index < -0.39 is 0 Å². The normalized spacial score (nSPS) is 10.5. The van der Waals surface area contributed by atoms with Gasteiger partial charge in [-0.25, -0.2) is 0 Å². The molecule has 0 radical (unpaired) electrons. The number of aliphatic hydroxyl groups is 1. The summed E-state index contributed by atoms with van der Waals surface area (Å²) in [6.45, 7) is 0.763. The van der Waals surface area contributed by atoms with E-state index in [2.05, 4.69) is 15.9 Å². The number of halogens is 1. The Morgan fingerprint density at radius 2 is 2.36 bits per heavy atom. The van der Waals surface area contributed by atoms with E-state index in [1.807, 2.05) is 6.07 Å². The van der Waals surface area contributed by atoms with Crippen LogP contribution in [0.4, 0.5) is 0 Å². The Labute approximate surface area is 78.2 Å².